The lowest BCUT2D eigenvalue weighted by atomic mass is 10.1. The van der Waals surface area contributed by atoms with Crippen LogP contribution in [0.4, 0.5) is 17.3 Å². The molecule has 1 heterocycles. The van der Waals surface area contributed by atoms with Crippen molar-refractivity contribution in [2.24, 2.45) is 0 Å². The molecule has 0 radical (unpaired) electrons. The molecule has 9 heteroatoms. The molecule has 0 atom stereocenters. The number of benzene rings is 2. The second kappa shape index (κ2) is 15.6. The molecule has 2 aromatic carbocycles. The molecule has 0 spiro atoms. The summed E-state index contributed by atoms with van der Waals surface area (Å²) in [7, 11) is 0. The van der Waals surface area contributed by atoms with E-state index in [1.165, 1.54) is 5.56 Å². The fourth-order valence-electron chi connectivity index (χ4n) is 4.04. The number of nitrogens with zero attached hydrogens (tertiary/aromatic N) is 2. The number of nitrogens with two attached hydrogens (primary N) is 1. The maximum absolute atomic E-state index is 11.9. The van der Waals surface area contributed by atoms with Crippen molar-refractivity contribution in [1.82, 2.24) is 9.97 Å². The van der Waals surface area contributed by atoms with Gasteiger partial charge in [0.2, 0.25) is 5.95 Å². The first-order chi connectivity index (χ1) is 19.6. The number of unbranched alkanes of at least 4 members (excludes halogenated alkanes) is 1. The van der Waals surface area contributed by atoms with E-state index in [9.17, 15) is 9.59 Å². The van der Waals surface area contributed by atoms with Crippen LogP contribution in [0.5, 0.6) is 5.75 Å². The molecule has 0 aliphatic heterocycles. The smallest absolute Gasteiger partial charge is 0.306 e. The first kappa shape index (κ1) is 31.4. The summed E-state index contributed by atoms with van der Waals surface area (Å²) >= 11 is 0. The zero-order valence-electron chi connectivity index (χ0n) is 24.6. The van der Waals surface area contributed by atoms with E-state index in [4.69, 9.17) is 19.9 Å². The third-order valence-corrected chi connectivity index (χ3v) is 6.02. The molecule has 220 valence electrons. The Kier molecular flexibility index (Phi) is 11.9. The first-order valence-electron chi connectivity index (χ1n) is 14.2. The van der Waals surface area contributed by atoms with Crippen molar-refractivity contribution in [2.45, 2.75) is 78.2 Å². The zero-order chi connectivity index (χ0) is 29.7. The number of hydrogen-bond acceptors (Lipinski definition) is 9. The average molecular weight is 563 g/mol. The zero-order valence-corrected chi connectivity index (χ0v) is 24.6. The molecular formula is C32H42N4O5. The van der Waals surface area contributed by atoms with Crippen molar-refractivity contribution < 1.29 is 23.8 Å². The quantitative estimate of drug-likeness (QED) is 0.165. The van der Waals surface area contributed by atoms with Crippen LogP contribution in [0, 0.1) is 0 Å². The number of nitrogens with one attached hydrogen (secondary N) is 1. The summed E-state index contributed by atoms with van der Waals surface area (Å²) in [6.45, 7) is 8.28. The average Bonchev–Trinajstić information content (AvgIpc) is 2.92. The molecule has 0 saturated heterocycles. The standard InChI is InChI=1S/C32H42N4O5/c1-5-39-29(37)11-8-20-40-26-18-14-24(15-19-26)21-28-27(33)22-34-31(36-28)35-25-16-12-23(13-17-25)9-6-7-10-30(38)41-32(2,3)4/h12-19,22H,5-11,20-21,33H2,1-4H3,(H,34,35,36). The molecular weight excluding hydrogens is 520 g/mol. The van der Waals surface area contributed by atoms with Gasteiger partial charge in [-0.05, 0) is 88.8 Å². The normalized spacial score (nSPS) is 11.1. The number of nitrogen functional groups attached to an aromatic ring is 1. The Bertz CT molecular complexity index is 1250. The lowest BCUT2D eigenvalue weighted by Crippen LogP contribution is -2.23. The van der Waals surface area contributed by atoms with Gasteiger partial charge in [-0.15, -0.1) is 0 Å². The highest BCUT2D eigenvalue weighted by atomic mass is 16.6. The summed E-state index contributed by atoms with van der Waals surface area (Å²) in [5, 5.41) is 3.25. The number of hydrogen-bond donors (Lipinski definition) is 2. The van der Waals surface area contributed by atoms with Crippen LogP contribution < -0.4 is 15.8 Å². The fourth-order valence-corrected chi connectivity index (χ4v) is 4.04. The Balaban J connectivity index is 1.46. The van der Waals surface area contributed by atoms with Gasteiger partial charge in [0.25, 0.3) is 0 Å². The van der Waals surface area contributed by atoms with Crippen LogP contribution >= 0.6 is 0 Å². The molecule has 0 bridgehead atoms. The van der Waals surface area contributed by atoms with Gasteiger partial charge in [-0.2, -0.15) is 0 Å². The highest BCUT2D eigenvalue weighted by Gasteiger charge is 2.15. The van der Waals surface area contributed by atoms with E-state index in [0.29, 0.717) is 50.5 Å². The van der Waals surface area contributed by atoms with E-state index in [2.05, 4.69) is 27.4 Å². The van der Waals surface area contributed by atoms with Crippen molar-refractivity contribution in [2.75, 3.05) is 24.3 Å². The van der Waals surface area contributed by atoms with Crippen molar-refractivity contribution >= 4 is 29.3 Å². The molecule has 1 aromatic heterocycles. The van der Waals surface area contributed by atoms with Gasteiger partial charge >= 0.3 is 11.9 Å². The molecule has 0 saturated carbocycles. The fraction of sp³-hybridized carbons (Fsp3) is 0.438. The lowest BCUT2D eigenvalue weighted by molar-refractivity contribution is -0.155. The van der Waals surface area contributed by atoms with E-state index >= 15 is 0 Å². The van der Waals surface area contributed by atoms with Crippen LogP contribution in [0.15, 0.2) is 54.7 Å². The predicted octanol–water partition coefficient (Wildman–Crippen LogP) is 6.17. The SMILES string of the molecule is CCOC(=O)CCCOc1ccc(Cc2nc(Nc3ccc(CCCCC(=O)OC(C)(C)C)cc3)ncc2N)cc1. The highest BCUT2D eigenvalue weighted by Crippen LogP contribution is 2.21. The van der Waals surface area contributed by atoms with Crippen molar-refractivity contribution in [1.29, 1.82) is 0 Å². The van der Waals surface area contributed by atoms with Gasteiger partial charge in [0.05, 0.1) is 30.8 Å². The van der Waals surface area contributed by atoms with Gasteiger partial charge in [0.1, 0.15) is 11.4 Å². The topological polar surface area (TPSA) is 126 Å². The van der Waals surface area contributed by atoms with Crippen LogP contribution in [0.3, 0.4) is 0 Å². The van der Waals surface area contributed by atoms with Crippen molar-refractivity contribution in [3.63, 3.8) is 0 Å². The first-order valence-corrected chi connectivity index (χ1v) is 14.2. The Labute approximate surface area is 242 Å². The molecule has 3 N–H and O–H groups in total. The summed E-state index contributed by atoms with van der Waals surface area (Å²) in [4.78, 5) is 32.2. The van der Waals surface area contributed by atoms with Crippen LogP contribution in [0.1, 0.15) is 76.6 Å². The van der Waals surface area contributed by atoms with E-state index in [-0.39, 0.29) is 11.9 Å². The third-order valence-electron chi connectivity index (χ3n) is 6.02. The van der Waals surface area contributed by atoms with Crippen molar-refractivity contribution in [3.05, 3.63) is 71.5 Å². The number of ether oxygens (including phenoxy) is 3. The number of esters is 2. The Morgan fingerprint density at radius 3 is 2.27 bits per heavy atom. The number of rotatable bonds is 15. The molecule has 0 fully saturated rings. The van der Waals surface area contributed by atoms with Gasteiger partial charge in [0, 0.05) is 24.9 Å². The van der Waals surface area contributed by atoms with Crippen molar-refractivity contribution in [3.8, 4) is 5.75 Å². The summed E-state index contributed by atoms with van der Waals surface area (Å²) in [6.07, 6.45) is 6.15. The third kappa shape index (κ3) is 11.9. The van der Waals surface area contributed by atoms with Crippen LogP contribution in [0.2, 0.25) is 0 Å². The Hall–Kier alpha value is -4.14. The number of anilines is 3. The second-order valence-electron chi connectivity index (χ2n) is 10.8. The minimum atomic E-state index is -0.440. The number of aromatic nitrogens is 2. The molecule has 0 unspecified atom stereocenters. The second-order valence-corrected chi connectivity index (χ2v) is 10.8. The number of carbonyl (C=O) groups is 2. The summed E-state index contributed by atoms with van der Waals surface area (Å²) < 4.78 is 16.0. The van der Waals surface area contributed by atoms with Crippen LogP contribution in [-0.2, 0) is 31.9 Å². The molecule has 3 rings (SSSR count). The highest BCUT2D eigenvalue weighted by molar-refractivity contribution is 5.70. The van der Waals surface area contributed by atoms with E-state index in [1.807, 2.05) is 57.2 Å². The Morgan fingerprint density at radius 1 is 0.902 bits per heavy atom. The van der Waals surface area contributed by atoms with Crippen LogP contribution in [-0.4, -0.2) is 40.7 Å². The maximum Gasteiger partial charge on any atom is 0.306 e. The largest absolute Gasteiger partial charge is 0.494 e. The van der Waals surface area contributed by atoms with Crippen LogP contribution in [0.25, 0.3) is 0 Å². The van der Waals surface area contributed by atoms with E-state index in [1.54, 1.807) is 13.1 Å². The van der Waals surface area contributed by atoms with Gasteiger partial charge in [-0.1, -0.05) is 24.3 Å². The molecule has 0 amide bonds. The monoisotopic (exact) mass is 562 g/mol. The van der Waals surface area contributed by atoms with E-state index < -0.39 is 5.60 Å². The van der Waals surface area contributed by atoms with Gasteiger partial charge in [-0.25, -0.2) is 9.97 Å². The number of aryl methyl sites for hydroxylation is 1. The Morgan fingerprint density at radius 2 is 1.59 bits per heavy atom. The predicted molar refractivity (Wildman–Crippen MR) is 160 cm³/mol. The minimum absolute atomic E-state index is 0.148. The van der Waals surface area contributed by atoms with Gasteiger partial charge in [0.15, 0.2) is 0 Å². The molecule has 0 aliphatic rings. The molecule has 0 aliphatic carbocycles. The molecule has 9 nitrogen and oxygen atoms in total. The maximum atomic E-state index is 11.9. The summed E-state index contributed by atoms with van der Waals surface area (Å²) in [5.74, 6) is 0.858. The minimum Gasteiger partial charge on any atom is -0.494 e. The summed E-state index contributed by atoms with van der Waals surface area (Å²) in [5.41, 5.74) is 10.1. The van der Waals surface area contributed by atoms with Gasteiger partial charge < -0.3 is 25.3 Å². The number of carbonyl (C=O) groups excluding carboxylic acids is 2. The molecule has 41 heavy (non-hydrogen) atoms. The van der Waals surface area contributed by atoms with Gasteiger partial charge in [-0.3, -0.25) is 9.59 Å². The molecule has 3 aromatic rings. The van der Waals surface area contributed by atoms with E-state index in [0.717, 1.165) is 42.0 Å². The summed E-state index contributed by atoms with van der Waals surface area (Å²) in [6, 6.07) is 15.9. The lowest BCUT2D eigenvalue weighted by Gasteiger charge is -2.19.